The summed E-state index contributed by atoms with van der Waals surface area (Å²) >= 11 is 3.19. The second-order valence-electron chi connectivity index (χ2n) is 2.55. The zero-order chi connectivity index (χ0) is 8.55. The molecule has 0 aromatic carbocycles. The van der Waals surface area contributed by atoms with Crippen LogP contribution in [0.15, 0.2) is 4.60 Å². The molecule has 0 radical (unpaired) electrons. The molecule has 0 saturated heterocycles. The Morgan fingerprint density at radius 1 is 1.67 bits per heavy atom. The molecule has 0 N–H and O–H groups in total. The Morgan fingerprint density at radius 2 is 2.50 bits per heavy atom. The molecule has 12 heavy (non-hydrogen) atoms. The minimum atomic E-state index is 0.509. The lowest BCUT2D eigenvalue weighted by atomic mass is 10.3. The number of aromatic nitrogens is 2. The van der Waals surface area contributed by atoms with Crippen LogP contribution < -0.4 is 4.74 Å². The topological polar surface area (TPSA) is 44.1 Å². The number of rotatable bonds is 1. The van der Waals surface area contributed by atoms with Gasteiger partial charge < -0.3 is 4.74 Å². The van der Waals surface area contributed by atoms with Gasteiger partial charge in [0.1, 0.15) is 10.2 Å². The summed E-state index contributed by atoms with van der Waals surface area (Å²) in [4.78, 5) is 10.6. The van der Waals surface area contributed by atoms with Crippen molar-refractivity contribution >= 4 is 22.2 Å². The lowest BCUT2D eigenvalue weighted by Crippen LogP contribution is -2.15. The minimum absolute atomic E-state index is 0.509. The number of hydrogen-bond donors (Lipinski definition) is 0. The number of aldehydes is 1. The molecule has 1 aromatic heterocycles. The Hall–Kier alpha value is -0.840. The number of ether oxygens (including phenoxy) is 1. The SMILES string of the molecule is O=Cc1c(Br)nn2c1OCCC2. The second-order valence-corrected chi connectivity index (χ2v) is 3.30. The molecule has 1 aliphatic heterocycles. The first-order chi connectivity index (χ1) is 5.83. The molecule has 0 spiro atoms. The lowest BCUT2D eigenvalue weighted by molar-refractivity contribution is 0.111. The number of carbonyl (C=O) groups is 1. The third kappa shape index (κ3) is 1.04. The summed E-state index contributed by atoms with van der Waals surface area (Å²) in [5.41, 5.74) is 0.509. The van der Waals surface area contributed by atoms with Crippen LogP contribution >= 0.6 is 15.9 Å². The van der Waals surface area contributed by atoms with Crippen molar-refractivity contribution in [1.29, 1.82) is 0 Å². The Labute approximate surface area is 77.6 Å². The highest BCUT2D eigenvalue weighted by Crippen LogP contribution is 2.27. The van der Waals surface area contributed by atoms with E-state index in [1.54, 1.807) is 4.68 Å². The zero-order valence-electron chi connectivity index (χ0n) is 6.29. The van der Waals surface area contributed by atoms with Crippen LogP contribution in [0.5, 0.6) is 5.88 Å². The van der Waals surface area contributed by atoms with Crippen LogP contribution in [0.25, 0.3) is 0 Å². The number of nitrogens with zero attached hydrogens (tertiary/aromatic N) is 2. The number of fused-ring (bicyclic) bond motifs is 1. The molecule has 1 aliphatic rings. The monoisotopic (exact) mass is 230 g/mol. The number of aryl methyl sites for hydroxylation is 1. The van der Waals surface area contributed by atoms with Crippen molar-refractivity contribution in [2.45, 2.75) is 13.0 Å². The van der Waals surface area contributed by atoms with Gasteiger partial charge in [-0.2, -0.15) is 5.10 Å². The van der Waals surface area contributed by atoms with E-state index in [1.165, 1.54) is 0 Å². The molecule has 0 bridgehead atoms. The van der Waals surface area contributed by atoms with Crippen LogP contribution in [-0.2, 0) is 6.54 Å². The Morgan fingerprint density at radius 3 is 3.25 bits per heavy atom. The fourth-order valence-corrected chi connectivity index (χ4v) is 1.67. The summed E-state index contributed by atoms with van der Waals surface area (Å²) in [6.45, 7) is 1.49. The Bertz CT molecular complexity index is 321. The quantitative estimate of drug-likeness (QED) is 0.683. The Kier molecular flexibility index (Phi) is 1.88. The van der Waals surface area contributed by atoms with Crippen LogP contribution in [0, 0.1) is 0 Å². The average Bonchev–Trinajstić information content (AvgIpc) is 2.40. The molecule has 2 heterocycles. The molecule has 0 atom stereocenters. The number of hydrogen-bond acceptors (Lipinski definition) is 3. The van der Waals surface area contributed by atoms with Crippen molar-refractivity contribution < 1.29 is 9.53 Å². The van der Waals surface area contributed by atoms with E-state index < -0.39 is 0 Å². The molecule has 0 unspecified atom stereocenters. The average molecular weight is 231 g/mol. The van der Waals surface area contributed by atoms with E-state index in [4.69, 9.17) is 4.74 Å². The smallest absolute Gasteiger partial charge is 0.223 e. The van der Waals surface area contributed by atoms with Gasteiger partial charge in [-0.15, -0.1) is 0 Å². The highest BCUT2D eigenvalue weighted by atomic mass is 79.9. The molecule has 4 nitrogen and oxygen atoms in total. The van der Waals surface area contributed by atoms with Crippen molar-refractivity contribution in [3.05, 3.63) is 10.2 Å². The van der Waals surface area contributed by atoms with E-state index in [0.29, 0.717) is 22.7 Å². The first kappa shape index (κ1) is 7.79. The van der Waals surface area contributed by atoms with Crippen LogP contribution in [0.1, 0.15) is 16.8 Å². The van der Waals surface area contributed by atoms with Gasteiger partial charge in [-0.1, -0.05) is 0 Å². The molecule has 0 fully saturated rings. The van der Waals surface area contributed by atoms with Crippen LogP contribution in [0.3, 0.4) is 0 Å². The maximum atomic E-state index is 10.6. The van der Waals surface area contributed by atoms with E-state index in [0.717, 1.165) is 19.3 Å². The van der Waals surface area contributed by atoms with Gasteiger partial charge in [0.15, 0.2) is 6.29 Å². The van der Waals surface area contributed by atoms with Gasteiger partial charge in [0.05, 0.1) is 6.61 Å². The summed E-state index contributed by atoms with van der Waals surface area (Å²) in [5.74, 6) is 0.586. The van der Waals surface area contributed by atoms with Gasteiger partial charge in [0, 0.05) is 13.0 Å². The summed E-state index contributed by atoms with van der Waals surface area (Å²) < 4.78 is 7.58. The van der Waals surface area contributed by atoms with Crippen molar-refractivity contribution in [2.75, 3.05) is 6.61 Å². The molecule has 64 valence electrons. The highest BCUT2D eigenvalue weighted by Gasteiger charge is 2.19. The van der Waals surface area contributed by atoms with Gasteiger partial charge in [0.2, 0.25) is 5.88 Å². The maximum absolute atomic E-state index is 10.6. The molecular formula is C7H7BrN2O2. The first-order valence-corrected chi connectivity index (χ1v) is 4.46. The van der Waals surface area contributed by atoms with Crippen molar-refractivity contribution in [3.63, 3.8) is 0 Å². The van der Waals surface area contributed by atoms with Crippen LogP contribution in [-0.4, -0.2) is 22.7 Å². The fourth-order valence-electron chi connectivity index (χ4n) is 1.22. The van der Waals surface area contributed by atoms with Gasteiger partial charge in [-0.3, -0.25) is 4.79 Å². The zero-order valence-corrected chi connectivity index (χ0v) is 7.87. The summed E-state index contributed by atoms with van der Waals surface area (Å²) in [6, 6.07) is 0. The van der Waals surface area contributed by atoms with Crippen molar-refractivity contribution in [3.8, 4) is 5.88 Å². The molecule has 1 aromatic rings. The lowest BCUT2D eigenvalue weighted by Gasteiger charge is -2.14. The van der Waals surface area contributed by atoms with Crippen molar-refractivity contribution in [2.24, 2.45) is 0 Å². The van der Waals surface area contributed by atoms with Gasteiger partial charge >= 0.3 is 0 Å². The minimum Gasteiger partial charge on any atom is -0.477 e. The van der Waals surface area contributed by atoms with Gasteiger partial charge in [-0.25, -0.2) is 4.68 Å². The molecule has 0 saturated carbocycles. The van der Waals surface area contributed by atoms with Gasteiger partial charge in [-0.05, 0) is 15.9 Å². The molecule has 5 heteroatoms. The predicted octanol–water partition coefficient (Wildman–Crippen LogP) is 1.24. The Balaban J connectivity index is 2.53. The van der Waals surface area contributed by atoms with E-state index in [-0.39, 0.29) is 0 Å². The first-order valence-electron chi connectivity index (χ1n) is 3.67. The maximum Gasteiger partial charge on any atom is 0.223 e. The fraction of sp³-hybridized carbons (Fsp3) is 0.429. The second kappa shape index (κ2) is 2.90. The standard InChI is InChI=1S/C7H7BrN2O2/c8-6-5(4-11)7-10(9-6)2-1-3-12-7/h4H,1-3H2. The van der Waals surface area contributed by atoms with E-state index in [9.17, 15) is 4.79 Å². The van der Waals surface area contributed by atoms with E-state index in [1.807, 2.05) is 0 Å². The molecule has 2 rings (SSSR count). The summed E-state index contributed by atoms with van der Waals surface area (Å²) in [7, 11) is 0. The number of halogens is 1. The van der Waals surface area contributed by atoms with E-state index in [2.05, 4.69) is 21.0 Å². The highest BCUT2D eigenvalue weighted by molar-refractivity contribution is 9.10. The van der Waals surface area contributed by atoms with Crippen LogP contribution in [0.4, 0.5) is 0 Å². The van der Waals surface area contributed by atoms with Crippen LogP contribution in [0.2, 0.25) is 0 Å². The summed E-state index contributed by atoms with van der Waals surface area (Å²) in [6.07, 6.45) is 1.70. The third-order valence-electron chi connectivity index (χ3n) is 1.77. The molecule has 0 amide bonds. The van der Waals surface area contributed by atoms with Crippen molar-refractivity contribution in [1.82, 2.24) is 9.78 Å². The number of carbonyl (C=O) groups excluding carboxylic acids is 1. The largest absolute Gasteiger partial charge is 0.477 e. The van der Waals surface area contributed by atoms with E-state index >= 15 is 0 Å². The molecular weight excluding hydrogens is 224 g/mol. The summed E-state index contributed by atoms with van der Waals surface area (Å²) in [5, 5.41) is 4.10. The normalized spacial score (nSPS) is 15.1. The molecule has 0 aliphatic carbocycles. The third-order valence-corrected chi connectivity index (χ3v) is 2.35. The van der Waals surface area contributed by atoms with Gasteiger partial charge in [0.25, 0.3) is 0 Å². The predicted molar refractivity (Wildman–Crippen MR) is 45.4 cm³/mol.